The molecule has 5 nitrogen and oxygen atoms in total. The number of aryl methyl sites for hydroxylation is 1. The van der Waals surface area contributed by atoms with E-state index in [2.05, 4.69) is 21.1 Å². The zero-order valence-electron chi connectivity index (χ0n) is 8.95. The molecule has 0 aliphatic heterocycles. The first-order chi connectivity index (χ1) is 7.13. The van der Waals surface area contributed by atoms with E-state index < -0.39 is 0 Å². The lowest BCUT2D eigenvalue weighted by Gasteiger charge is -2.13. The van der Waals surface area contributed by atoms with Gasteiger partial charge in [0.05, 0.1) is 6.54 Å². The Labute approximate surface area is 88.9 Å². The van der Waals surface area contributed by atoms with Crippen molar-refractivity contribution in [2.45, 2.75) is 26.3 Å². The summed E-state index contributed by atoms with van der Waals surface area (Å²) in [5.74, 6) is 3.81. The van der Waals surface area contributed by atoms with Crippen molar-refractivity contribution in [3.63, 3.8) is 0 Å². The third kappa shape index (κ3) is 3.43. The standard InChI is InChI=1S/C10H14N4O/c1-4-5-6-10(15)14(3)7-9-11-8(2)12-13-9/h1H,5-7H2,2-3H3,(H,11,12,13). The molecule has 0 spiro atoms. The Kier molecular flexibility index (Phi) is 3.86. The minimum absolute atomic E-state index is 0.00963. The van der Waals surface area contributed by atoms with E-state index in [1.807, 2.05) is 6.92 Å². The van der Waals surface area contributed by atoms with Gasteiger partial charge in [0.1, 0.15) is 5.82 Å². The van der Waals surface area contributed by atoms with Gasteiger partial charge in [0.15, 0.2) is 5.82 Å². The van der Waals surface area contributed by atoms with Crippen LogP contribution in [-0.4, -0.2) is 33.0 Å². The molecule has 1 heterocycles. The molecule has 0 fully saturated rings. The van der Waals surface area contributed by atoms with Crippen molar-refractivity contribution in [3.8, 4) is 12.3 Å². The molecular formula is C10H14N4O. The van der Waals surface area contributed by atoms with Crippen LogP contribution in [0.5, 0.6) is 0 Å². The summed E-state index contributed by atoms with van der Waals surface area (Å²) in [4.78, 5) is 17.2. The smallest absolute Gasteiger partial charge is 0.223 e. The van der Waals surface area contributed by atoms with Gasteiger partial charge < -0.3 is 4.90 Å². The van der Waals surface area contributed by atoms with Gasteiger partial charge in [0, 0.05) is 19.9 Å². The average molecular weight is 206 g/mol. The number of hydrogen-bond donors (Lipinski definition) is 1. The summed E-state index contributed by atoms with van der Waals surface area (Å²) in [6, 6.07) is 0. The predicted octanol–water partition coefficient (Wildman–Crippen LogP) is 0.485. The molecule has 0 unspecified atom stereocenters. The van der Waals surface area contributed by atoms with Crippen molar-refractivity contribution in [3.05, 3.63) is 11.6 Å². The lowest BCUT2D eigenvalue weighted by Crippen LogP contribution is -2.26. The lowest BCUT2D eigenvalue weighted by molar-refractivity contribution is -0.130. The van der Waals surface area contributed by atoms with Gasteiger partial charge in [-0.1, -0.05) is 0 Å². The molecule has 1 aromatic heterocycles. The number of carbonyl (C=O) groups is 1. The van der Waals surface area contributed by atoms with Crippen molar-refractivity contribution < 1.29 is 4.79 Å². The number of hydrogen-bond acceptors (Lipinski definition) is 3. The fourth-order valence-corrected chi connectivity index (χ4v) is 1.13. The Morgan fingerprint density at radius 3 is 2.93 bits per heavy atom. The highest BCUT2D eigenvalue weighted by molar-refractivity contribution is 5.76. The lowest BCUT2D eigenvalue weighted by atomic mass is 10.3. The number of terminal acetylenes is 1. The minimum atomic E-state index is 0.00963. The van der Waals surface area contributed by atoms with Crippen LogP contribution in [0.4, 0.5) is 0 Å². The number of amides is 1. The van der Waals surface area contributed by atoms with Crippen LogP contribution in [0.2, 0.25) is 0 Å². The zero-order valence-corrected chi connectivity index (χ0v) is 8.95. The van der Waals surface area contributed by atoms with Gasteiger partial charge in [-0.3, -0.25) is 9.89 Å². The van der Waals surface area contributed by atoms with E-state index in [4.69, 9.17) is 6.42 Å². The maximum atomic E-state index is 11.5. The van der Waals surface area contributed by atoms with Gasteiger partial charge in [-0.15, -0.1) is 12.3 Å². The second-order valence-corrected chi connectivity index (χ2v) is 3.29. The number of rotatable bonds is 4. The quantitative estimate of drug-likeness (QED) is 0.729. The first kappa shape index (κ1) is 11.2. The highest BCUT2D eigenvalue weighted by Crippen LogP contribution is 2.00. The van der Waals surface area contributed by atoms with E-state index in [0.717, 1.165) is 5.82 Å². The highest BCUT2D eigenvalue weighted by atomic mass is 16.2. The number of nitrogens with zero attached hydrogens (tertiary/aromatic N) is 3. The molecular weight excluding hydrogens is 192 g/mol. The maximum absolute atomic E-state index is 11.5. The number of H-pyrrole nitrogens is 1. The summed E-state index contributed by atoms with van der Waals surface area (Å²) in [6.45, 7) is 2.23. The summed E-state index contributed by atoms with van der Waals surface area (Å²) in [5.41, 5.74) is 0. The van der Waals surface area contributed by atoms with Gasteiger partial charge in [0.25, 0.3) is 0 Å². The van der Waals surface area contributed by atoms with E-state index >= 15 is 0 Å². The third-order valence-corrected chi connectivity index (χ3v) is 1.93. The SMILES string of the molecule is C#CCCC(=O)N(C)Cc1n[nH]c(C)n1. The van der Waals surface area contributed by atoms with E-state index in [1.165, 1.54) is 0 Å². The van der Waals surface area contributed by atoms with E-state index in [9.17, 15) is 4.79 Å². The molecule has 0 atom stereocenters. The largest absolute Gasteiger partial charge is 0.338 e. The molecule has 80 valence electrons. The molecule has 5 heteroatoms. The van der Waals surface area contributed by atoms with Crippen LogP contribution in [0.15, 0.2) is 0 Å². The van der Waals surface area contributed by atoms with Gasteiger partial charge >= 0.3 is 0 Å². The highest BCUT2D eigenvalue weighted by Gasteiger charge is 2.10. The molecule has 0 saturated heterocycles. The Hall–Kier alpha value is -1.83. The Bertz CT molecular complexity index is 377. The third-order valence-electron chi connectivity index (χ3n) is 1.93. The Balaban J connectivity index is 2.45. The van der Waals surface area contributed by atoms with E-state index in [-0.39, 0.29) is 5.91 Å². The van der Waals surface area contributed by atoms with Gasteiger partial charge in [0.2, 0.25) is 5.91 Å². The van der Waals surface area contributed by atoms with Crippen LogP contribution in [0.25, 0.3) is 0 Å². The van der Waals surface area contributed by atoms with Crippen molar-refractivity contribution in [1.29, 1.82) is 0 Å². The first-order valence-electron chi connectivity index (χ1n) is 4.68. The van der Waals surface area contributed by atoms with Gasteiger partial charge in [-0.2, -0.15) is 5.10 Å². The minimum Gasteiger partial charge on any atom is -0.338 e. The van der Waals surface area contributed by atoms with Crippen molar-refractivity contribution >= 4 is 5.91 Å². The monoisotopic (exact) mass is 206 g/mol. The second kappa shape index (κ2) is 5.15. The summed E-state index contributed by atoms with van der Waals surface area (Å²) in [5, 5.41) is 6.67. The van der Waals surface area contributed by atoms with E-state index in [1.54, 1.807) is 11.9 Å². The summed E-state index contributed by atoms with van der Waals surface area (Å²) >= 11 is 0. The van der Waals surface area contributed by atoms with Gasteiger partial charge in [-0.05, 0) is 6.92 Å². The molecule has 0 radical (unpaired) electrons. The first-order valence-corrected chi connectivity index (χ1v) is 4.68. The number of nitrogens with one attached hydrogen (secondary N) is 1. The molecule has 1 N–H and O–H groups in total. The topological polar surface area (TPSA) is 61.9 Å². The fraction of sp³-hybridized carbons (Fsp3) is 0.500. The molecule has 0 bridgehead atoms. The molecule has 0 aliphatic rings. The van der Waals surface area contributed by atoms with Crippen LogP contribution in [0.3, 0.4) is 0 Å². The van der Waals surface area contributed by atoms with Crippen LogP contribution >= 0.6 is 0 Å². The van der Waals surface area contributed by atoms with Crippen LogP contribution in [0, 0.1) is 19.3 Å². The van der Waals surface area contributed by atoms with Crippen molar-refractivity contribution in [2.24, 2.45) is 0 Å². The summed E-state index contributed by atoms with van der Waals surface area (Å²) in [6.07, 6.45) is 5.92. The molecule has 1 rings (SSSR count). The Morgan fingerprint density at radius 1 is 1.67 bits per heavy atom. The van der Waals surface area contributed by atoms with Crippen molar-refractivity contribution in [2.75, 3.05) is 7.05 Å². The van der Waals surface area contributed by atoms with Crippen LogP contribution < -0.4 is 0 Å². The maximum Gasteiger partial charge on any atom is 0.223 e. The predicted molar refractivity (Wildman–Crippen MR) is 55.7 cm³/mol. The van der Waals surface area contributed by atoms with Crippen LogP contribution in [-0.2, 0) is 11.3 Å². The van der Waals surface area contributed by atoms with Crippen LogP contribution in [0.1, 0.15) is 24.5 Å². The Morgan fingerprint density at radius 2 is 2.40 bits per heavy atom. The van der Waals surface area contributed by atoms with E-state index in [0.29, 0.717) is 25.2 Å². The molecule has 0 saturated carbocycles. The molecule has 1 aromatic rings. The summed E-state index contributed by atoms with van der Waals surface area (Å²) < 4.78 is 0. The number of aromatic amines is 1. The second-order valence-electron chi connectivity index (χ2n) is 3.29. The number of aromatic nitrogens is 3. The molecule has 15 heavy (non-hydrogen) atoms. The van der Waals surface area contributed by atoms with Crippen molar-refractivity contribution in [1.82, 2.24) is 20.1 Å². The number of carbonyl (C=O) groups excluding carboxylic acids is 1. The average Bonchev–Trinajstić information content (AvgIpc) is 2.60. The fourth-order valence-electron chi connectivity index (χ4n) is 1.13. The van der Waals surface area contributed by atoms with Gasteiger partial charge in [-0.25, -0.2) is 4.98 Å². The molecule has 1 amide bonds. The molecule has 0 aromatic carbocycles. The zero-order chi connectivity index (χ0) is 11.3. The summed E-state index contributed by atoms with van der Waals surface area (Å²) in [7, 11) is 1.71. The normalized spacial score (nSPS) is 9.67. The molecule has 0 aliphatic carbocycles.